The van der Waals surface area contributed by atoms with Crippen LogP contribution in [0.2, 0.25) is 5.02 Å². The largest absolute Gasteiger partial charge is 0.453 e. The van der Waals surface area contributed by atoms with Gasteiger partial charge in [-0.25, -0.2) is 23.9 Å². The van der Waals surface area contributed by atoms with Gasteiger partial charge in [0.05, 0.1) is 23.2 Å². The maximum atomic E-state index is 12.3. The Bertz CT molecular complexity index is 1190. The molecule has 1 aromatic heterocycles. The van der Waals surface area contributed by atoms with Crippen LogP contribution in [0.5, 0.6) is 5.75 Å². The number of aryl methyl sites for hydroxylation is 2. The fraction of sp³-hybridized carbons (Fsp3) is 0.333. The van der Waals surface area contributed by atoms with Crippen LogP contribution in [0.1, 0.15) is 30.9 Å². The quantitative estimate of drug-likeness (QED) is 0.409. The molecule has 188 valence electrons. The van der Waals surface area contributed by atoms with Gasteiger partial charge in [0.15, 0.2) is 5.75 Å². The van der Waals surface area contributed by atoms with E-state index in [1.54, 1.807) is 24.3 Å². The Balaban J connectivity index is 0.000000269. The number of hydrogen-bond donors (Lipinski definition) is 3. The zero-order valence-electron chi connectivity index (χ0n) is 20.4. The van der Waals surface area contributed by atoms with Gasteiger partial charge < -0.3 is 20.1 Å². The van der Waals surface area contributed by atoms with E-state index in [4.69, 9.17) is 16.3 Å². The second kappa shape index (κ2) is 13.2. The molecule has 0 aliphatic carbocycles. The van der Waals surface area contributed by atoms with Gasteiger partial charge in [0.2, 0.25) is 5.95 Å². The lowest BCUT2D eigenvalue weighted by molar-refractivity contribution is 0.186. The molecule has 3 amide bonds. The number of methoxy groups -OCH3 is 1. The van der Waals surface area contributed by atoms with E-state index in [-0.39, 0.29) is 12.0 Å². The van der Waals surface area contributed by atoms with Crippen molar-refractivity contribution in [3.05, 3.63) is 52.5 Å². The van der Waals surface area contributed by atoms with Crippen LogP contribution in [0, 0.1) is 13.8 Å². The fourth-order valence-corrected chi connectivity index (χ4v) is 3.15. The lowest BCUT2D eigenvalue weighted by Crippen LogP contribution is -2.31. The third-order valence-electron chi connectivity index (χ3n) is 4.92. The van der Waals surface area contributed by atoms with Crippen LogP contribution in [-0.4, -0.2) is 48.5 Å². The molecule has 3 N–H and O–H groups in total. The summed E-state index contributed by atoms with van der Waals surface area (Å²) in [6.45, 7) is 6.50. The molecule has 0 radical (unpaired) electrons. The van der Waals surface area contributed by atoms with Gasteiger partial charge >= 0.3 is 18.2 Å². The van der Waals surface area contributed by atoms with Crippen molar-refractivity contribution in [3.8, 4) is 5.75 Å². The summed E-state index contributed by atoms with van der Waals surface area (Å²) in [4.78, 5) is 38.9. The molecule has 3 aromatic rings. The van der Waals surface area contributed by atoms with E-state index >= 15 is 0 Å². The highest BCUT2D eigenvalue weighted by atomic mass is 35.5. The van der Waals surface area contributed by atoms with Gasteiger partial charge in [-0.05, 0) is 55.7 Å². The van der Waals surface area contributed by atoms with Gasteiger partial charge in [-0.2, -0.15) is 0 Å². The van der Waals surface area contributed by atoms with Gasteiger partial charge in [-0.15, -0.1) is 0 Å². The number of para-hydroxylation sites is 2. The Kier molecular flexibility index (Phi) is 10.3. The number of nitrogens with one attached hydrogen (secondary N) is 3. The Morgan fingerprint density at radius 3 is 2.43 bits per heavy atom. The summed E-state index contributed by atoms with van der Waals surface area (Å²) >= 11 is 5.90. The first-order valence-electron chi connectivity index (χ1n) is 11.0. The normalized spacial score (nSPS) is 10.1. The molecule has 35 heavy (non-hydrogen) atoms. The highest BCUT2D eigenvalue weighted by Crippen LogP contribution is 2.27. The first-order chi connectivity index (χ1) is 16.7. The molecule has 0 aliphatic rings. The predicted octanol–water partition coefficient (Wildman–Crippen LogP) is 5.25. The summed E-state index contributed by atoms with van der Waals surface area (Å²) in [7, 11) is 2.75. The highest BCUT2D eigenvalue weighted by molar-refractivity contribution is 6.32. The molecule has 0 fully saturated rings. The molecule has 11 heteroatoms. The van der Waals surface area contributed by atoms with Crippen molar-refractivity contribution < 1.29 is 23.9 Å². The Hall–Kier alpha value is -3.79. The number of carbonyl (C=O) groups is 3. The van der Waals surface area contributed by atoms with Crippen molar-refractivity contribution in [2.24, 2.45) is 0 Å². The van der Waals surface area contributed by atoms with Crippen LogP contribution in [0.4, 0.5) is 20.3 Å². The zero-order valence-corrected chi connectivity index (χ0v) is 21.2. The van der Waals surface area contributed by atoms with Crippen LogP contribution in [0.25, 0.3) is 11.0 Å². The molecular weight excluding hydrogens is 474 g/mol. The van der Waals surface area contributed by atoms with Crippen molar-refractivity contribution in [2.45, 2.75) is 33.6 Å². The molecule has 1 heterocycles. The SMILES string of the molecule is CCCCNC(=O)n1c(NC(=O)OC)nc2ccccc21.CNC(=O)Oc1cc(C)c(C)cc1Cl. The van der Waals surface area contributed by atoms with Crippen LogP contribution in [0.15, 0.2) is 36.4 Å². The van der Waals surface area contributed by atoms with E-state index < -0.39 is 12.2 Å². The van der Waals surface area contributed by atoms with Crippen LogP contribution in [0.3, 0.4) is 0 Å². The van der Waals surface area contributed by atoms with Gasteiger partial charge in [-0.1, -0.05) is 37.1 Å². The van der Waals surface area contributed by atoms with E-state index in [1.807, 2.05) is 32.9 Å². The minimum Gasteiger partial charge on any atom is -0.453 e. The number of carbonyl (C=O) groups excluding carboxylic acids is 3. The number of anilines is 1. The summed E-state index contributed by atoms with van der Waals surface area (Å²) in [5.41, 5.74) is 3.35. The monoisotopic (exact) mass is 503 g/mol. The number of nitrogens with zero attached hydrogens (tertiary/aromatic N) is 2. The van der Waals surface area contributed by atoms with E-state index in [1.165, 1.54) is 18.7 Å². The van der Waals surface area contributed by atoms with Crippen LogP contribution < -0.4 is 20.7 Å². The molecule has 0 aliphatic heterocycles. The Morgan fingerprint density at radius 1 is 1.09 bits per heavy atom. The first-order valence-corrected chi connectivity index (χ1v) is 11.4. The summed E-state index contributed by atoms with van der Waals surface area (Å²) in [5, 5.41) is 8.05. The van der Waals surface area contributed by atoms with Crippen molar-refractivity contribution >= 4 is 46.8 Å². The summed E-state index contributed by atoms with van der Waals surface area (Å²) in [6, 6.07) is 10.3. The highest BCUT2D eigenvalue weighted by Gasteiger charge is 2.18. The number of aromatic nitrogens is 2. The topological polar surface area (TPSA) is 124 Å². The second-order valence-electron chi connectivity index (χ2n) is 7.47. The molecule has 0 atom stereocenters. The number of unbranched alkanes of at least 4 members (excludes halogenated alkanes) is 1. The zero-order chi connectivity index (χ0) is 26.0. The van der Waals surface area contributed by atoms with E-state index in [9.17, 15) is 14.4 Å². The number of hydrogen-bond acceptors (Lipinski definition) is 6. The van der Waals surface area contributed by atoms with Crippen LogP contribution >= 0.6 is 11.6 Å². The molecule has 0 spiro atoms. The average molecular weight is 504 g/mol. The van der Waals surface area contributed by atoms with Gasteiger partial charge in [0, 0.05) is 13.6 Å². The fourth-order valence-electron chi connectivity index (χ4n) is 2.89. The van der Waals surface area contributed by atoms with E-state index in [0.717, 1.165) is 24.0 Å². The molecule has 10 nitrogen and oxygen atoms in total. The van der Waals surface area contributed by atoms with Crippen molar-refractivity contribution in [1.29, 1.82) is 0 Å². The Labute approximate surface area is 208 Å². The molecule has 0 saturated heterocycles. The first kappa shape index (κ1) is 27.5. The maximum Gasteiger partial charge on any atom is 0.413 e. The van der Waals surface area contributed by atoms with E-state index in [2.05, 4.69) is 25.7 Å². The lowest BCUT2D eigenvalue weighted by Gasteiger charge is -2.09. The standard InChI is InChI=1S/C14H18N4O3.C10H12ClNO2/c1-3-4-9-15-13(19)18-11-8-6-5-7-10(11)16-12(18)17-14(20)21-2;1-6-4-8(11)9(5-7(6)2)14-10(13)12-3/h5-8H,3-4,9H2,1-2H3,(H,15,19)(H,16,17,20);4-5H,1-3H3,(H,12,13). The minimum absolute atomic E-state index is 0.136. The van der Waals surface area contributed by atoms with Crippen molar-refractivity contribution in [1.82, 2.24) is 20.2 Å². The number of fused-ring (bicyclic) bond motifs is 1. The molecule has 2 aromatic carbocycles. The molecule has 0 unspecified atom stereocenters. The summed E-state index contributed by atoms with van der Waals surface area (Å²) in [6.07, 6.45) is 0.680. The predicted molar refractivity (Wildman–Crippen MR) is 135 cm³/mol. The third kappa shape index (κ3) is 7.61. The lowest BCUT2D eigenvalue weighted by atomic mass is 10.1. The Morgan fingerprint density at radius 2 is 1.77 bits per heavy atom. The van der Waals surface area contributed by atoms with Gasteiger partial charge in [0.25, 0.3) is 0 Å². The minimum atomic E-state index is -0.673. The van der Waals surface area contributed by atoms with Crippen molar-refractivity contribution in [2.75, 3.05) is 26.0 Å². The number of amides is 3. The smallest absolute Gasteiger partial charge is 0.413 e. The maximum absolute atomic E-state index is 12.3. The molecule has 3 rings (SSSR count). The summed E-state index contributed by atoms with van der Waals surface area (Å²) < 4.78 is 10.8. The van der Waals surface area contributed by atoms with E-state index in [0.29, 0.717) is 28.4 Å². The number of ether oxygens (including phenoxy) is 2. The summed E-state index contributed by atoms with van der Waals surface area (Å²) in [5.74, 6) is 0.520. The van der Waals surface area contributed by atoms with Gasteiger partial charge in [-0.3, -0.25) is 5.32 Å². The van der Waals surface area contributed by atoms with Gasteiger partial charge in [0.1, 0.15) is 0 Å². The van der Waals surface area contributed by atoms with Crippen molar-refractivity contribution in [3.63, 3.8) is 0 Å². The average Bonchev–Trinajstić information content (AvgIpc) is 3.20. The number of imidazole rings is 1. The molecule has 0 saturated carbocycles. The second-order valence-corrected chi connectivity index (χ2v) is 7.88. The third-order valence-corrected chi connectivity index (χ3v) is 5.22. The number of rotatable bonds is 5. The number of halogens is 1. The number of benzene rings is 2. The molecule has 0 bridgehead atoms. The van der Waals surface area contributed by atoms with Crippen LogP contribution in [-0.2, 0) is 4.74 Å². The molecular formula is C24H30ClN5O5.